The first-order valence-corrected chi connectivity index (χ1v) is 6.52. The van der Waals surface area contributed by atoms with Crippen LogP contribution in [-0.4, -0.2) is 17.5 Å². The minimum atomic E-state index is -0.609. The Morgan fingerprint density at radius 1 is 1.39 bits per heavy atom. The maximum Gasteiger partial charge on any atom is 0.237 e. The number of aryl methyl sites for hydroxylation is 1. The van der Waals surface area contributed by atoms with E-state index in [0.717, 1.165) is 12.8 Å². The van der Waals surface area contributed by atoms with E-state index in [-0.39, 0.29) is 5.91 Å². The van der Waals surface area contributed by atoms with Gasteiger partial charge in [0.1, 0.15) is 0 Å². The van der Waals surface area contributed by atoms with Crippen molar-refractivity contribution < 1.29 is 4.79 Å². The van der Waals surface area contributed by atoms with E-state index in [0.29, 0.717) is 12.0 Å². The number of hydrogen-bond donors (Lipinski definition) is 2. The molecule has 1 aliphatic carbocycles. The van der Waals surface area contributed by atoms with Crippen molar-refractivity contribution in [1.82, 2.24) is 5.32 Å². The van der Waals surface area contributed by atoms with Gasteiger partial charge < -0.3 is 11.1 Å². The van der Waals surface area contributed by atoms with Crippen molar-refractivity contribution in [3.8, 4) is 0 Å². The predicted molar refractivity (Wildman–Crippen MR) is 73.4 cm³/mol. The molecular formula is C15H22N2O. The predicted octanol–water partition coefficient (Wildman–Crippen LogP) is 2.09. The van der Waals surface area contributed by atoms with Crippen LogP contribution in [0.3, 0.4) is 0 Å². The van der Waals surface area contributed by atoms with E-state index in [2.05, 4.69) is 36.5 Å². The lowest BCUT2D eigenvalue weighted by Crippen LogP contribution is -2.57. The monoisotopic (exact) mass is 246 g/mol. The standard InChI is InChI=1S/C15H22N2O/c1-10-5-4-6-11(7-10)12-8-13(9-12)17-15(2,3)14(16)18/h4-7,12-13,17H,8-9H2,1-3H3,(H2,16,18). The Balaban J connectivity index is 1.90. The smallest absolute Gasteiger partial charge is 0.237 e. The zero-order chi connectivity index (χ0) is 13.3. The molecule has 0 bridgehead atoms. The van der Waals surface area contributed by atoms with Crippen molar-refractivity contribution in [2.24, 2.45) is 5.73 Å². The van der Waals surface area contributed by atoms with E-state index < -0.39 is 5.54 Å². The Bertz CT molecular complexity index is 448. The molecule has 0 unspecified atom stereocenters. The lowest BCUT2D eigenvalue weighted by molar-refractivity contribution is -0.123. The quantitative estimate of drug-likeness (QED) is 0.854. The third kappa shape index (κ3) is 2.72. The van der Waals surface area contributed by atoms with Crippen molar-refractivity contribution >= 4 is 5.91 Å². The van der Waals surface area contributed by atoms with Crippen molar-refractivity contribution in [2.45, 2.75) is 51.1 Å². The van der Waals surface area contributed by atoms with Crippen LogP contribution in [0.15, 0.2) is 24.3 Å². The Kier molecular flexibility index (Phi) is 3.44. The van der Waals surface area contributed by atoms with Gasteiger partial charge >= 0.3 is 0 Å². The molecule has 0 aliphatic heterocycles. The van der Waals surface area contributed by atoms with Crippen LogP contribution < -0.4 is 11.1 Å². The lowest BCUT2D eigenvalue weighted by atomic mass is 9.74. The number of rotatable bonds is 4. The van der Waals surface area contributed by atoms with Gasteiger partial charge in [-0.05, 0) is 45.1 Å². The molecule has 18 heavy (non-hydrogen) atoms. The molecule has 98 valence electrons. The molecule has 1 aliphatic rings. The Labute approximate surface area is 109 Å². The second kappa shape index (κ2) is 4.73. The molecular weight excluding hydrogens is 224 g/mol. The minimum absolute atomic E-state index is 0.290. The van der Waals surface area contributed by atoms with Gasteiger partial charge in [0.05, 0.1) is 5.54 Å². The second-order valence-corrected chi connectivity index (χ2v) is 5.91. The molecule has 1 aromatic rings. The van der Waals surface area contributed by atoms with Gasteiger partial charge in [-0.3, -0.25) is 4.79 Å². The molecule has 2 rings (SSSR count). The summed E-state index contributed by atoms with van der Waals surface area (Å²) in [6, 6.07) is 9.07. The fourth-order valence-corrected chi connectivity index (χ4v) is 2.51. The van der Waals surface area contributed by atoms with Gasteiger partial charge in [0.15, 0.2) is 0 Å². The summed E-state index contributed by atoms with van der Waals surface area (Å²) in [4.78, 5) is 11.3. The summed E-state index contributed by atoms with van der Waals surface area (Å²) < 4.78 is 0. The number of nitrogens with two attached hydrogens (primary N) is 1. The van der Waals surface area contributed by atoms with E-state index in [1.54, 1.807) is 0 Å². The molecule has 0 heterocycles. The number of benzene rings is 1. The van der Waals surface area contributed by atoms with Gasteiger partial charge in [0.25, 0.3) is 0 Å². The van der Waals surface area contributed by atoms with E-state index in [1.807, 2.05) is 13.8 Å². The van der Waals surface area contributed by atoms with Crippen LogP contribution in [0, 0.1) is 6.92 Å². The summed E-state index contributed by atoms with van der Waals surface area (Å²) >= 11 is 0. The third-order valence-electron chi connectivity index (χ3n) is 3.83. The Morgan fingerprint density at radius 2 is 2.06 bits per heavy atom. The Hall–Kier alpha value is -1.35. The molecule has 0 spiro atoms. The first kappa shape index (κ1) is 13.1. The van der Waals surface area contributed by atoms with Gasteiger partial charge in [0.2, 0.25) is 5.91 Å². The molecule has 3 heteroatoms. The average Bonchev–Trinajstić information content (AvgIpc) is 2.22. The lowest BCUT2D eigenvalue weighted by Gasteiger charge is -2.40. The number of carbonyl (C=O) groups excluding carboxylic acids is 1. The molecule has 0 saturated heterocycles. The largest absolute Gasteiger partial charge is 0.368 e. The zero-order valence-electron chi connectivity index (χ0n) is 11.4. The molecule has 0 radical (unpaired) electrons. The summed E-state index contributed by atoms with van der Waals surface area (Å²) in [5, 5.41) is 3.33. The molecule has 0 atom stereocenters. The van der Waals surface area contributed by atoms with Crippen molar-refractivity contribution in [1.29, 1.82) is 0 Å². The molecule has 1 fully saturated rings. The van der Waals surface area contributed by atoms with Crippen LogP contribution in [0.25, 0.3) is 0 Å². The van der Waals surface area contributed by atoms with Crippen LogP contribution in [0.1, 0.15) is 43.7 Å². The van der Waals surface area contributed by atoms with Crippen molar-refractivity contribution in [3.63, 3.8) is 0 Å². The topological polar surface area (TPSA) is 55.1 Å². The summed E-state index contributed by atoms with van der Waals surface area (Å²) in [6.45, 7) is 5.80. The van der Waals surface area contributed by atoms with Gasteiger partial charge in [-0.25, -0.2) is 0 Å². The maximum atomic E-state index is 11.3. The summed E-state index contributed by atoms with van der Waals surface area (Å²) in [7, 11) is 0. The van der Waals surface area contributed by atoms with E-state index >= 15 is 0 Å². The summed E-state index contributed by atoms with van der Waals surface area (Å²) in [5.74, 6) is 0.326. The molecule has 0 aromatic heterocycles. The highest BCUT2D eigenvalue weighted by molar-refractivity contribution is 5.83. The fraction of sp³-hybridized carbons (Fsp3) is 0.533. The van der Waals surface area contributed by atoms with Crippen molar-refractivity contribution in [2.75, 3.05) is 0 Å². The zero-order valence-corrected chi connectivity index (χ0v) is 11.4. The summed E-state index contributed by atoms with van der Waals surface area (Å²) in [5.41, 5.74) is 7.47. The van der Waals surface area contributed by atoms with Crippen LogP contribution in [0.2, 0.25) is 0 Å². The maximum absolute atomic E-state index is 11.3. The molecule has 1 saturated carbocycles. The van der Waals surface area contributed by atoms with Crippen molar-refractivity contribution in [3.05, 3.63) is 35.4 Å². The van der Waals surface area contributed by atoms with Crippen LogP contribution in [0.5, 0.6) is 0 Å². The van der Waals surface area contributed by atoms with Crippen LogP contribution >= 0.6 is 0 Å². The van der Waals surface area contributed by atoms with Crippen LogP contribution in [-0.2, 0) is 4.79 Å². The normalized spacial score (nSPS) is 23.5. The molecule has 3 N–H and O–H groups in total. The first-order chi connectivity index (χ1) is 8.38. The van der Waals surface area contributed by atoms with Gasteiger partial charge in [-0.1, -0.05) is 29.8 Å². The number of nitrogens with one attached hydrogen (secondary N) is 1. The minimum Gasteiger partial charge on any atom is -0.368 e. The SMILES string of the molecule is Cc1cccc(C2CC(NC(C)(C)C(N)=O)C2)c1. The molecule has 1 amide bonds. The highest BCUT2D eigenvalue weighted by Gasteiger charge is 2.36. The molecule has 3 nitrogen and oxygen atoms in total. The number of carbonyl (C=O) groups is 1. The number of hydrogen-bond acceptors (Lipinski definition) is 2. The highest BCUT2D eigenvalue weighted by Crippen LogP contribution is 2.37. The van der Waals surface area contributed by atoms with Gasteiger partial charge in [0, 0.05) is 6.04 Å². The van der Waals surface area contributed by atoms with Crippen LogP contribution in [0.4, 0.5) is 0 Å². The van der Waals surface area contributed by atoms with Gasteiger partial charge in [-0.15, -0.1) is 0 Å². The third-order valence-corrected chi connectivity index (χ3v) is 3.83. The number of amides is 1. The van der Waals surface area contributed by atoms with Gasteiger partial charge in [-0.2, -0.15) is 0 Å². The summed E-state index contributed by atoms with van der Waals surface area (Å²) in [6.07, 6.45) is 2.17. The highest BCUT2D eigenvalue weighted by atomic mass is 16.1. The second-order valence-electron chi connectivity index (χ2n) is 5.91. The van der Waals surface area contributed by atoms with E-state index in [1.165, 1.54) is 11.1 Å². The number of primary amides is 1. The van der Waals surface area contributed by atoms with E-state index in [9.17, 15) is 4.79 Å². The van der Waals surface area contributed by atoms with E-state index in [4.69, 9.17) is 5.73 Å². The molecule has 1 aromatic carbocycles. The fourth-order valence-electron chi connectivity index (χ4n) is 2.51. The Morgan fingerprint density at radius 3 is 2.61 bits per heavy atom. The first-order valence-electron chi connectivity index (χ1n) is 6.52. The average molecular weight is 246 g/mol.